The highest BCUT2D eigenvalue weighted by atomic mass is 15.1. The maximum absolute atomic E-state index is 2.30. The first-order valence-electron chi connectivity index (χ1n) is 5.18. The summed E-state index contributed by atoms with van der Waals surface area (Å²) >= 11 is 0. The lowest BCUT2D eigenvalue weighted by Crippen LogP contribution is -2.15. The summed E-state index contributed by atoms with van der Waals surface area (Å²) in [4.78, 5) is 2.30. The standard InChI is InChI=1S/C13H17N/c1-10-8-9-12-6-4-5-7-13(12)14(3)11(10)2/h4-7H,8-9H2,1-3H3. The molecule has 1 heteroatoms. The van der Waals surface area contributed by atoms with Gasteiger partial charge in [-0.15, -0.1) is 0 Å². The van der Waals surface area contributed by atoms with Crippen molar-refractivity contribution < 1.29 is 0 Å². The van der Waals surface area contributed by atoms with Gasteiger partial charge in [-0.05, 0) is 38.3 Å². The van der Waals surface area contributed by atoms with E-state index in [0.717, 1.165) is 0 Å². The van der Waals surface area contributed by atoms with Crippen molar-refractivity contribution in [1.29, 1.82) is 0 Å². The molecule has 0 spiro atoms. The van der Waals surface area contributed by atoms with Crippen molar-refractivity contribution in [2.75, 3.05) is 11.9 Å². The van der Waals surface area contributed by atoms with Crippen LogP contribution in [0.4, 0.5) is 5.69 Å². The second-order valence-corrected chi connectivity index (χ2v) is 4.05. The zero-order valence-electron chi connectivity index (χ0n) is 9.17. The molecule has 1 nitrogen and oxygen atoms in total. The van der Waals surface area contributed by atoms with Gasteiger partial charge in [0.1, 0.15) is 0 Å². The largest absolute Gasteiger partial charge is 0.348 e. The number of benzene rings is 1. The molecule has 0 aliphatic carbocycles. The van der Waals surface area contributed by atoms with Gasteiger partial charge >= 0.3 is 0 Å². The molecule has 1 heterocycles. The summed E-state index contributed by atoms with van der Waals surface area (Å²) < 4.78 is 0. The van der Waals surface area contributed by atoms with E-state index in [2.05, 4.69) is 50.1 Å². The number of allylic oxidation sites excluding steroid dienone is 2. The van der Waals surface area contributed by atoms with Crippen molar-refractivity contribution >= 4 is 5.69 Å². The Labute approximate surface area is 86.1 Å². The maximum atomic E-state index is 2.30. The summed E-state index contributed by atoms with van der Waals surface area (Å²) in [5, 5.41) is 0. The maximum Gasteiger partial charge on any atom is 0.0438 e. The van der Waals surface area contributed by atoms with Crippen molar-refractivity contribution in [2.45, 2.75) is 26.7 Å². The Morgan fingerprint density at radius 1 is 1.07 bits per heavy atom. The number of aryl methyl sites for hydroxylation is 1. The highest BCUT2D eigenvalue weighted by Crippen LogP contribution is 2.29. The Morgan fingerprint density at radius 3 is 2.57 bits per heavy atom. The van der Waals surface area contributed by atoms with Gasteiger partial charge in [-0.1, -0.05) is 23.8 Å². The minimum Gasteiger partial charge on any atom is -0.348 e. The van der Waals surface area contributed by atoms with Gasteiger partial charge in [0.25, 0.3) is 0 Å². The Bertz CT molecular complexity index is 377. The minimum atomic E-state index is 1.17. The van der Waals surface area contributed by atoms with Crippen LogP contribution in [-0.2, 0) is 6.42 Å². The van der Waals surface area contributed by atoms with Crippen LogP contribution in [0.3, 0.4) is 0 Å². The monoisotopic (exact) mass is 187 g/mol. The summed E-state index contributed by atoms with van der Waals surface area (Å²) in [5.41, 5.74) is 5.73. The molecule has 1 aromatic carbocycles. The molecule has 1 aliphatic rings. The molecule has 1 aliphatic heterocycles. The second-order valence-electron chi connectivity index (χ2n) is 4.05. The van der Waals surface area contributed by atoms with Gasteiger partial charge in [-0.3, -0.25) is 0 Å². The smallest absolute Gasteiger partial charge is 0.0438 e. The summed E-state index contributed by atoms with van der Waals surface area (Å²) in [7, 11) is 2.16. The fraction of sp³-hybridized carbons (Fsp3) is 0.385. The third-order valence-corrected chi connectivity index (χ3v) is 3.24. The van der Waals surface area contributed by atoms with E-state index in [-0.39, 0.29) is 0 Å². The lowest BCUT2D eigenvalue weighted by atomic mass is 10.1. The molecule has 0 amide bonds. The Hall–Kier alpha value is -1.24. The summed E-state index contributed by atoms with van der Waals surface area (Å²) in [6, 6.07) is 8.68. The predicted molar refractivity (Wildman–Crippen MR) is 61.5 cm³/mol. The van der Waals surface area contributed by atoms with Crippen LogP contribution >= 0.6 is 0 Å². The van der Waals surface area contributed by atoms with E-state index < -0.39 is 0 Å². The van der Waals surface area contributed by atoms with E-state index in [1.165, 1.54) is 35.4 Å². The Kier molecular flexibility index (Phi) is 2.32. The SMILES string of the molecule is CC1=C(C)N(C)c2ccccc2CC1. The third kappa shape index (κ3) is 1.43. The first-order valence-corrected chi connectivity index (χ1v) is 5.18. The van der Waals surface area contributed by atoms with Crippen molar-refractivity contribution in [2.24, 2.45) is 0 Å². The normalized spacial score (nSPS) is 16.6. The molecule has 0 radical (unpaired) electrons. The van der Waals surface area contributed by atoms with Crippen LogP contribution in [0.1, 0.15) is 25.8 Å². The predicted octanol–water partition coefficient (Wildman–Crippen LogP) is 3.36. The van der Waals surface area contributed by atoms with Crippen molar-refractivity contribution in [3.63, 3.8) is 0 Å². The van der Waals surface area contributed by atoms with Gasteiger partial charge in [-0.2, -0.15) is 0 Å². The number of para-hydroxylation sites is 1. The first kappa shape index (κ1) is 9.32. The van der Waals surface area contributed by atoms with E-state index in [4.69, 9.17) is 0 Å². The summed E-state index contributed by atoms with van der Waals surface area (Å²) in [6.07, 6.45) is 2.36. The molecule has 14 heavy (non-hydrogen) atoms. The molecule has 0 atom stereocenters. The number of rotatable bonds is 0. The molecule has 2 rings (SSSR count). The summed E-state index contributed by atoms with van der Waals surface area (Å²) in [6.45, 7) is 4.44. The van der Waals surface area contributed by atoms with E-state index in [0.29, 0.717) is 0 Å². The molecule has 0 unspecified atom stereocenters. The third-order valence-electron chi connectivity index (χ3n) is 3.24. The molecule has 1 aromatic rings. The van der Waals surface area contributed by atoms with Gasteiger partial charge in [-0.25, -0.2) is 0 Å². The van der Waals surface area contributed by atoms with Gasteiger partial charge in [0.05, 0.1) is 0 Å². The minimum absolute atomic E-state index is 1.17. The lowest BCUT2D eigenvalue weighted by Gasteiger charge is -2.21. The second kappa shape index (κ2) is 3.49. The van der Waals surface area contributed by atoms with Crippen LogP contribution in [0.25, 0.3) is 0 Å². The molecule has 0 aromatic heterocycles. The van der Waals surface area contributed by atoms with Crippen LogP contribution in [0.2, 0.25) is 0 Å². The fourth-order valence-corrected chi connectivity index (χ4v) is 2.02. The Balaban J connectivity index is 2.50. The highest BCUT2D eigenvalue weighted by Gasteiger charge is 2.14. The zero-order chi connectivity index (χ0) is 10.1. The molecule has 0 N–H and O–H groups in total. The molecule has 0 saturated carbocycles. The van der Waals surface area contributed by atoms with Crippen molar-refractivity contribution in [3.05, 3.63) is 41.1 Å². The molecule has 74 valence electrons. The van der Waals surface area contributed by atoms with Crippen molar-refractivity contribution in [1.82, 2.24) is 0 Å². The molecular formula is C13H17N. The van der Waals surface area contributed by atoms with Crippen LogP contribution in [0.5, 0.6) is 0 Å². The average Bonchev–Trinajstić information content (AvgIpc) is 2.32. The van der Waals surface area contributed by atoms with E-state index in [1.54, 1.807) is 0 Å². The number of hydrogen-bond acceptors (Lipinski definition) is 1. The first-order chi connectivity index (χ1) is 6.70. The number of fused-ring (bicyclic) bond motifs is 1. The van der Waals surface area contributed by atoms with Crippen LogP contribution < -0.4 is 4.90 Å². The average molecular weight is 187 g/mol. The van der Waals surface area contributed by atoms with E-state index in [1.807, 2.05) is 0 Å². The van der Waals surface area contributed by atoms with Crippen LogP contribution in [0.15, 0.2) is 35.5 Å². The number of hydrogen-bond donors (Lipinski definition) is 0. The van der Waals surface area contributed by atoms with Crippen LogP contribution in [0, 0.1) is 0 Å². The van der Waals surface area contributed by atoms with E-state index >= 15 is 0 Å². The van der Waals surface area contributed by atoms with E-state index in [9.17, 15) is 0 Å². The lowest BCUT2D eigenvalue weighted by molar-refractivity contribution is 0.939. The van der Waals surface area contributed by atoms with Gasteiger partial charge in [0.2, 0.25) is 0 Å². The fourth-order valence-electron chi connectivity index (χ4n) is 2.02. The number of nitrogens with zero attached hydrogens (tertiary/aromatic N) is 1. The number of anilines is 1. The quantitative estimate of drug-likeness (QED) is 0.602. The molecular weight excluding hydrogens is 170 g/mol. The van der Waals surface area contributed by atoms with Gasteiger partial charge in [0.15, 0.2) is 0 Å². The van der Waals surface area contributed by atoms with Gasteiger partial charge in [0, 0.05) is 18.4 Å². The molecule has 0 fully saturated rings. The molecule has 0 bridgehead atoms. The van der Waals surface area contributed by atoms with Crippen LogP contribution in [-0.4, -0.2) is 7.05 Å². The van der Waals surface area contributed by atoms with Crippen molar-refractivity contribution in [3.8, 4) is 0 Å². The van der Waals surface area contributed by atoms with Gasteiger partial charge < -0.3 is 4.90 Å². The zero-order valence-corrected chi connectivity index (χ0v) is 9.17. The Morgan fingerprint density at radius 2 is 1.79 bits per heavy atom. The summed E-state index contributed by atoms with van der Waals surface area (Å²) in [5.74, 6) is 0. The highest BCUT2D eigenvalue weighted by molar-refractivity contribution is 5.59. The topological polar surface area (TPSA) is 3.24 Å². The molecule has 0 saturated heterocycles.